The molecule has 78 heavy (non-hydrogen) atoms. The van der Waals surface area contributed by atoms with Crippen LogP contribution in [-0.4, -0.2) is 112 Å². The number of carboxylic acid groups (broad SMARTS) is 2. The summed E-state index contributed by atoms with van der Waals surface area (Å²) in [5.74, 6) is 2.22. The number of hydrogen-bond donors (Lipinski definition) is 6. The first-order valence-corrected chi connectivity index (χ1v) is 25.3. The van der Waals surface area contributed by atoms with Crippen molar-refractivity contribution >= 4 is 76.0 Å². The Kier molecular flexibility index (Phi) is 22.1. The predicted octanol–water partition coefficient (Wildman–Crippen LogP) is 9.83. The number of alkyl carbamates (subject to hydrolysis) is 1. The lowest BCUT2D eigenvalue weighted by molar-refractivity contribution is -0.138. The van der Waals surface area contributed by atoms with E-state index in [9.17, 15) is 14.4 Å². The van der Waals surface area contributed by atoms with Crippen molar-refractivity contribution in [3.05, 3.63) is 122 Å². The highest BCUT2D eigenvalue weighted by molar-refractivity contribution is 5.85. The number of carbonyl (C=O) groups excluding carboxylic acids is 1. The second kappa shape index (κ2) is 29.5. The Labute approximate surface area is 457 Å². The van der Waals surface area contributed by atoms with Crippen LogP contribution in [0.4, 0.5) is 28.1 Å². The lowest BCUT2D eigenvalue weighted by Gasteiger charge is -2.19. The second-order valence-electron chi connectivity index (χ2n) is 18.3. The highest BCUT2D eigenvalue weighted by Crippen LogP contribution is 2.25. The van der Waals surface area contributed by atoms with E-state index >= 15 is 0 Å². The van der Waals surface area contributed by atoms with Crippen LogP contribution in [0.3, 0.4) is 0 Å². The Balaban J connectivity index is 0.000000253. The average Bonchev–Trinajstić information content (AvgIpc) is 4.08. The minimum Gasteiger partial charge on any atom is -0.494 e. The zero-order chi connectivity index (χ0) is 54.4. The second-order valence-corrected chi connectivity index (χ2v) is 18.3. The van der Waals surface area contributed by atoms with Crippen LogP contribution in [0.25, 0.3) is 33.7 Å². The molecule has 0 aliphatic rings. The topological polar surface area (TPSA) is 287 Å². The lowest BCUT2D eigenvalue weighted by atomic mass is 10.2. The molecule has 0 aliphatic carbocycles. The molecule has 0 aliphatic heterocycles. The van der Waals surface area contributed by atoms with Gasteiger partial charge in [0.15, 0.2) is 11.3 Å². The van der Waals surface area contributed by atoms with Crippen molar-refractivity contribution in [1.29, 1.82) is 0 Å². The number of nitrogens with one attached hydrogen (secondary N) is 3. The molecule has 0 saturated carbocycles. The molecule has 4 aromatic carbocycles. The van der Waals surface area contributed by atoms with Crippen LogP contribution in [0.5, 0.6) is 23.0 Å². The van der Waals surface area contributed by atoms with Crippen molar-refractivity contribution in [3.63, 3.8) is 0 Å². The third-order valence-electron chi connectivity index (χ3n) is 11.0. The van der Waals surface area contributed by atoms with Gasteiger partial charge in [-0.3, -0.25) is 18.7 Å². The van der Waals surface area contributed by atoms with Gasteiger partial charge in [0.1, 0.15) is 52.3 Å². The van der Waals surface area contributed by atoms with Gasteiger partial charge in [-0.15, -0.1) is 12.4 Å². The molecule has 0 spiro atoms. The largest absolute Gasteiger partial charge is 0.494 e. The Hall–Kier alpha value is -8.76. The fourth-order valence-electron chi connectivity index (χ4n) is 7.23. The molecule has 0 atom stereocenters. The van der Waals surface area contributed by atoms with E-state index in [0.717, 1.165) is 40.7 Å². The third kappa shape index (κ3) is 18.8. The van der Waals surface area contributed by atoms with Crippen LogP contribution in [0.2, 0.25) is 0 Å². The Morgan fingerprint density at radius 1 is 0.538 bits per heavy atom. The molecule has 0 fully saturated rings. The number of aliphatic carboxylic acids is 2. The van der Waals surface area contributed by atoms with Gasteiger partial charge in [-0.25, -0.2) is 24.7 Å². The minimum absolute atomic E-state index is 0. The summed E-state index contributed by atoms with van der Waals surface area (Å²) in [6.07, 6.45) is 10.6. The number of halogens is 1. The molecular weight excluding hydrogens is 1020 g/mol. The molecule has 412 valence electrons. The van der Waals surface area contributed by atoms with Crippen LogP contribution in [0, 0.1) is 0 Å². The fraction of sp³-hybridized carbons (Fsp3) is 0.327. The summed E-state index contributed by atoms with van der Waals surface area (Å²) >= 11 is 0. The molecule has 1 amide bonds. The van der Waals surface area contributed by atoms with Crippen LogP contribution in [0.15, 0.2) is 122 Å². The zero-order valence-electron chi connectivity index (χ0n) is 43.7. The summed E-state index contributed by atoms with van der Waals surface area (Å²) in [6.45, 7) is 8.50. The number of nitrogens with zero attached hydrogens (tertiary/aromatic N) is 8. The highest BCUT2D eigenvalue weighted by atomic mass is 35.5. The SMILES string of the molecule is CC(C)(C)OC(=O)NCCCOc1ccc(Nc2ncc3ncn(-c4ccc(OCCCCC(=O)O)cc4)c3n2)cc1.Cl.NCCCOc1ccc(Nc2ncc3ncn(-c4ccc(OCCCCC(=O)O)cc4)c3n2)cc1. The molecule has 0 radical (unpaired) electrons. The number of unbranched alkanes of at least 4 members (excludes halogenated alkanes) is 2. The normalized spacial score (nSPS) is 10.9. The number of carbonyl (C=O) groups is 3. The summed E-state index contributed by atoms with van der Waals surface area (Å²) in [5, 5.41) is 26.5. The van der Waals surface area contributed by atoms with Gasteiger partial charge in [-0.1, -0.05) is 0 Å². The first-order valence-electron chi connectivity index (χ1n) is 25.3. The molecular formula is C55H65ClN12O10. The van der Waals surface area contributed by atoms with Crippen molar-refractivity contribution in [2.75, 3.05) is 50.2 Å². The molecule has 0 saturated heterocycles. The Morgan fingerprint density at radius 3 is 1.31 bits per heavy atom. The maximum Gasteiger partial charge on any atom is 0.407 e. The van der Waals surface area contributed by atoms with Gasteiger partial charge >= 0.3 is 18.0 Å². The van der Waals surface area contributed by atoms with E-state index in [1.807, 2.05) is 127 Å². The molecule has 4 heterocycles. The molecule has 7 N–H and O–H groups in total. The number of fused-ring (bicyclic) bond motifs is 2. The number of imidazole rings is 2. The molecule has 22 nitrogen and oxygen atoms in total. The van der Waals surface area contributed by atoms with E-state index in [1.165, 1.54) is 0 Å². The number of hydrogen-bond acceptors (Lipinski definition) is 17. The van der Waals surface area contributed by atoms with Crippen LogP contribution in [0.1, 0.15) is 72.1 Å². The number of carboxylic acids is 2. The van der Waals surface area contributed by atoms with E-state index < -0.39 is 23.6 Å². The van der Waals surface area contributed by atoms with Gasteiger partial charge in [-0.05, 0) is 163 Å². The van der Waals surface area contributed by atoms with Gasteiger partial charge < -0.3 is 55.6 Å². The maximum absolute atomic E-state index is 11.7. The summed E-state index contributed by atoms with van der Waals surface area (Å²) in [5.41, 5.74) is 11.0. The first kappa shape index (κ1) is 58.5. The van der Waals surface area contributed by atoms with Crippen LogP contribution < -0.4 is 40.6 Å². The molecule has 0 unspecified atom stereocenters. The Morgan fingerprint density at radius 2 is 0.923 bits per heavy atom. The van der Waals surface area contributed by atoms with Crippen molar-refractivity contribution in [2.45, 2.75) is 77.7 Å². The van der Waals surface area contributed by atoms with Gasteiger partial charge in [0.05, 0.1) is 38.8 Å². The van der Waals surface area contributed by atoms with E-state index in [-0.39, 0.29) is 25.2 Å². The lowest BCUT2D eigenvalue weighted by Crippen LogP contribution is -2.33. The molecule has 0 bridgehead atoms. The zero-order valence-corrected chi connectivity index (χ0v) is 44.5. The predicted molar refractivity (Wildman–Crippen MR) is 297 cm³/mol. The summed E-state index contributed by atoms with van der Waals surface area (Å²) in [7, 11) is 0. The number of benzene rings is 4. The first-order chi connectivity index (χ1) is 37.3. The fourth-order valence-corrected chi connectivity index (χ4v) is 7.23. The number of nitrogens with two attached hydrogens (primary N) is 1. The maximum atomic E-state index is 11.7. The quantitative estimate of drug-likeness (QED) is 0.0261. The number of aromatic nitrogens is 8. The number of ether oxygens (including phenoxy) is 5. The van der Waals surface area contributed by atoms with E-state index in [4.69, 9.17) is 39.6 Å². The number of anilines is 4. The van der Waals surface area contributed by atoms with Crippen molar-refractivity contribution in [2.24, 2.45) is 5.73 Å². The van der Waals surface area contributed by atoms with Crippen molar-refractivity contribution in [1.82, 2.24) is 44.4 Å². The van der Waals surface area contributed by atoms with Crippen LogP contribution >= 0.6 is 12.4 Å². The standard InChI is InChI=1S/C30H36N6O6.C25H28N6O4.ClH/c1-30(2,3)42-29(39)31-16-6-18-41-23-12-8-21(9-13-23)34-28-32-19-25-27(35-28)36(20-33-25)22-10-14-24(15-11-22)40-17-5-4-7-26(37)38;26-13-3-15-35-20-9-5-18(6-10-20)29-25-27-16-22-24(30-25)31(17-28-22)19-7-11-21(12-8-19)34-14-2-1-4-23(32)33;/h8-15,19-20H,4-7,16-18H2,1-3H3,(H,31,39)(H,37,38)(H,32,34,35);5-12,16-17H,1-4,13-15,26H2,(H,32,33)(H,27,29,30);1H. The molecule has 8 aromatic rings. The smallest absolute Gasteiger partial charge is 0.407 e. The minimum atomic E-state index is -0.795. The van der Waals surface area contributed by atoms with Crippen LogP contribution in [-0.2, 0) is 14.3 Å². The number of rotatable bonds is 27. The Bertz CT molecular complexity index is 3130. The van der Waals surface area contributed by atoms with Gasteiger partial charge in [0, 0.05) is 42.1 Å². The van der Waals surface area contributed by atoms with E-state index in [2.05, 4.69) is 45.9 Å². The van der Waals surface area contributed by atoms with Crippen molar-refractivity contribution in [3.8, 4) is 34.4 Å². The summed E-state index contributed by atoms with van der Waals surface area (Å²) < 4.78 is 31.8. The summed E-state index contributed by atoms with van der Waals surface area (Å²) in [6, 6.07) is 30.2. The van der Waals surface area contributed by atoms with Gasteiger partial charge in [0.2, 0.25) is 11.9 Å². The molecule has 23 heteroatoms. The summed E-state index contributed by atoms with van der Waals surface area (Å²) in [4.78, 5) is 59.8. The monoisotopic (exact) mass is 1090 g/mol. The van der Waals surface area contributed by atoms with Crippen molar-refractivity contribution < 1.29 is 48.3 Å². The third-order valence-corrected chi connectivity index (χ3v) is 11.0. The molecule has 4 aromatic heterocycles. The number of amides is 1. The van der Waals surface area contributed by atoms with Gasteiger partial charge in [0.25, 0.3) is 0 Å². The average molecular weight is 1090 g/mol. The van der Waals surface area contributed by atoms with E-state index in [0.29, 0.717) is 117 Å². The highest BCUT2D eigenvalue weighted by Gasteiger charge is 2.16. The van der Waals surface area contributed by atoms with Gasteiger partial charge in [-0.2, -0.15) is 9.97 Å². The van der Waals surface area contributed by atoms with E-state index in [1.54, 1.807) is 25.0 Å². The molecule has 8 rings (SSSR count).